The molecule has 0 bridgehead atoms. The number of nitrogens with zero attached hydrogens (tertiary/aromatic N) is 1. The molecule has 0 fully saturated rings. The van der Waals surface area contributed by atoms with Gasteiger partial charge in [-0.2, -0.15) is 13.2 Å². The number of nitro groups is 1. The lowest BCUT2D eigenvalue weighted by Gasteiger charge is -2.14. The van der Waals surface area contributed by atoms with E-state index in [0.717, 1.165) is 24.3 Å². The molecule has 0 amide bonds. The Morgan fingerprint density at radius 2 is 1.55 bits per heavy atom. The maximum absolute atomic E-state index is 13.3. The number of nitro benzene ring substituents is 1. The van der Waals surface area contributed by atoms with E-state index in [0.29, 0.717) is 0 Å². The number of hydrogen-bond acceptors (Lipinski definition) is 2. The molecule has 0 unspecified atom stereocenters. The van der Waals surface area contributed by atoms with Crippen LogP contribution in [0.4, 0.5) is 18.9 Å². The zero-order valence-corrected chi connectivity index (χ0v) is 12.7. The van der Waals surface area contributed by atoms with E-state index in [1.807, 2.05) is 0 Å². The summed E-state index contributed by atoms with van der Waals surface area (Å²) in [5.41, 5.74) is -2.98. The van der Waals surface area contributed by atoms with Crippen LogP contribution in [0.1, 0.15) is 5.56 Å². The van der Waals surface area contributed by atoms with Gasteiger partial charge in [-0.05, 0) is 12.1 Å². The molecule has 0 spiro atoms. The molecule has 22 heavy (non-hydrogen) atoms. The first kappa shape index (κ1) is 16.9. The summed E-state index contributed by atoms with van der Waals surface area (Å²) in [5.74, 6) is 0. The van der Waals surface area contributed by atoms with E-state index in [-0.39, 0.29) is 20.6 Å². The fourth-order valence-corrected chi connectivity index (χ4v) is 2.59. The molecule has 0 N–H and O–H groups in total. The Hall–Kier alpha value is -1.50. The standard InChI is InChI=1S/C13H5Cl3F3NO2/c14-8-5-10(16)9(15)4-7(8)6-2-1-3-11(20(21)22)12(6)13(17,18)19/h1-5H. The summed E-state index contributed by atoms with van der Waals surface area (Å²) in [6.45, 7) is 0. The highest BCUT2D eigenvalue weighted by Crippen LogP contribution is 2.45. The average Bonchev–Trinajstić information content (AvgIpc) is 2.41. The summed E-state index contributed by atoms with van der Waals surface area (Å²) < 4.78 is 39.8. The molecule has 116 valence electrons. The molecule has 0 radical (unpaired) electrons. The Bertz CT molecular complexity index is 763. The molecule has 9 heteroatoms. The molecule has 0 aliphatic heterocycles. The first-order valence-corrected chi connectivity index (χ1v) is 6.76. The molecular formula is C13H5Cl3F3NO2. The third kappa shape index (κ3) is 3.14. The molecule has 0 aliphatic rings. The lowest BCUT2D eigenvalue weighted by molar-refractivity contribution is -0.388. The molecule has 0 saturated heterocycles. The van der Waals surface area contributed by atoms with Crippen LogP contribution in [0.25, 0.3) is 11.1 Å². The minimum Gasteiger partial charge on any atom is -0.258 e. The van der Waals surface area contributed by atoms with Crippen LogP contribution in [0.3, 0.4) is 0 Å². The average molecular weight is 371 g/mol. The molecular weight excluding hydrogens is 366 g/mol. The van der Waals surface area contributed by atoms with E-state index in [1.54, 1.807) is 0 Å². The van der Waals surface area contributed by atoms with Crippen molar-refractivity contribution < 1.29 is 18.1 Å². The van der Waals surface area contributed by atoms with Crippen LogP contribution in [0.15, 0.2) is 30.3 Å². The normalized spacial score (nSPS) is 11.5. The predicted molar refractivity (Wildman–Crippen MR) is 78.6 cm³/mol. The van der Waals surface area contributed by atoms with Crippen LogP contribution in [0.2, 0.25) is 15.1 Å². The van der Waals surface area contributed by atoms with Gasteiger partial charge in [-0.3, -0.25) is 10.1 Å². The number of halogens is 6. The molecule has 0 heterocycles. The molecule has 2 aromatic carbocycles. The summed E-state index contributed by atoms with van der Waals surface area (Å²) in [6, 6.07) is 5.32. The van der Waals surface area contributed by atoms with E-state index in [1.165, 1.54) is 6.07 Å². The van der Waals surface area contributed by atoms with Gasteiger partial charge in [-0.15, -0.1) is 0 Å². The summed E-state index contributed by atoms with van der Waals surface area (Å²) >= 11 is 17.4. The van der Waals surface area contributed by atoms with Crippen LogP contribution in [0.5, 0.6) is 0 Å². The molecule has 2 aromatic rings. The molecule has 2 rings (SSSR count). The van der Waals surface area contributed by atoms with Crippen molar-refractivity contribution in [3.8, 4) is 11.1 Å². The summed E-state index contributed by atoms with van der Waals surface area (Å²) in [4.78, 5) is 9.78. The summed E-state index contributed by atoms with van der Waals surface area (Å²) in [5, 5.41) is 10.8. The molecule has 0 aromatic heterocycles. The van der Waals surface area contributed by atoms with Crippen LogP contribution in [-0.2, 0) is 6.18 Å². The van der Waals surface area contributed by atoms with Gasteiger partial charge in [0, 0.05) is 22.2 Å². The first-order chi connectivity index (χ1) is 10.1. The molecule has 3 nitrogen and oxygen atoms in total. The van der Waals surface area contributed by atoms with Crippen LogP contribution in [0, 0.1) is 10.1 Å². The second-order valence-corrected chi connectivity index (χ2v) is 5.42. The van der Waals surface area contributed by atoms with Crippen molar-refractivity contribution in [2.45, 2.75) is 6.18 Å². The van der Waals surface area contributed by atoms with E-state index in [9.17, 15) is 23.3 Å². The van der Waals surface area contributed by atoms with E-state index in [4.69, 9.17) is 34.8 Å². The topological polar surface area (TPSA) is 43.1 Å². The zero-order valence-electron chi connectivity index (χ0n) is 10.4. The number of hydrogen-bond donors (Lipinski definition) is 0. The number of alkyl halides is 3. The smallest absolute Gasteiger partial charge is 0.258 e. The van der Waals surface area contributed by atoms with Gasteiger partial charge >= 0.3 is 6.18 Å². The van der Waals surface area contributed by atoms with Gasteiger partial charge in [0.05, 0.1) is 15.0 Å². The Labute approximate surface area is 137 Å². The highest BCUT2D eigenvalue weighted by atomic mass is 35.5. The highest BCUT2D eigenvalue weighted by molar-refractivity contribution is 6.44. The van der Waals surface area contributed by atoms with Crippen molar-refractivity contribution in [3.63, 3.8) is 0 Å². The first-order valence-electron chi connectivity index (χ1n) is 5.62. The minimum atomic E-state index is -4.94. The summed E-state index contributed by atoms with van der Waals surface area (Å²) in [7, 11) is 0. The van der Waals surface area contributed by atoms with Gasteiger partial charge in [-0.25, -0.2) is 0 Å². The van der Waals surface area contributed by atoms with E-state index < -0.39 is 27.9 Å². The van der Waals surface area contributed by atoms with Gasteiger partial charge < -0.3 is 0 Å². The van der Waals surface area contributed by atoms with E-state index >= 15 is 0 Å². The maximum Gasteiger partial charge on any atom is 0.423 e. The van der Waals surface area contributed by atoms with Crippen molar-refractivity contribution in [3.05, 3.63) is 61.1 Å². The maximum atomic E-state index is 13.3. The fourth-order valence-electron chi connectivity index (χ4n) is 1.94. The van der Waals surface area contributed by atoms with Crippen molar-refractivity contribution >= 4 is 40.5 Å². The Morgan fingerprint density at radius 3 is 2.09 bits per heavy atom. The summed E-state index contributed by atoms with van der Waals surface area (Å²) in [6.07, 6.45) is -4.94. The monoisotopic (exact) mass is 369 g/mol. The van der Waals surface area contributed by atoms with Gasteiger partial charge in [0.15, 0.2) is 0 Å². The van der Waals surface area contributed by atoms with Crippen molar-refractivity contribution in [2.75, 3.05) is 0 Å². The van der Waals surface area contributed by atoms with Gasteiger partial charge in [0.2, 0.25) is 0 Å². The Kier molecular flexibility index (Phi) is 4.56. The van der Waals surface area contributed by atoms with Gasteiger partial charge in [0.25, 0.3) is 5.69 Å². The Morgan fingerprint density at radius 1 is 0.955 bits per heavy atom. The molecule has 0 atom stereocenters. The van der Waals surface area contributed by atoms with Crippen molar-refractivity contribution in [1.82, 2.24) is 0 Å². The lowest BCUT2D eigenvalue weighted by Crippen LogP contribution is -2.11. The highest BCUT2D eigenvalue weighted by Gasteiger charge is 2.41. The minimum absolute atomic E-state index is 0.0132. The van der Waals surface area contributed by atoms with E-state index in [2.05, 4.69) is 0 Å². The third-order valence-corrected chi connectivity index (χ3v) is 3.86. The molecule has 0 aliphatic carbocycles. The lowest BCUT2D eigenvalue weighted by atomic mass is 9.97. The van der Waals surface area contributed by atoms with Gasteiger partial charge in [0.1, 0.15) is 5.56 Å². The predicted octanol–water partition coefficient (Wildman–Crippen LogP) is 6.24. The largest absolute Gasteiger partial charge is 0.423 e. The quantitative estimate of drug-likeness (QED) is 0.357. The van der Waals surface area contributed by atoms with Crippen molar-refractivity contribution in [2.24, 2.45) is 0 Å². The Balaban J connectivity index is 2.85. The second kappa shape index (κ2) is 5.95. The van der Waals surface area contributed by atoms with Crippen LogP contribution >= 0.6 is 34.8 Å². The number of benzene rings is 2. The van der Waals surface area contributed by atoms with Gasteiger partial charge in [-0.1, -0.05) is 46.9 Å². The second-order valence-electron chi connectivity index (χ2n) is 4.20. The fraction of sp³-hybridized carbons (Fsp3) is 0.0769. The van der Waals surface area contributed by atoms with Crippen molar-refractivity contribution in [1.29, 1.82) is 0 Å². The SMILES string of the molecule is O=[N+]([O-])c1cccc(-c2cc(Cl)c(Cl)cc2Cl)c1C(F)(F)F. The third-order valence-electron chi connectivity index (χ3n) is 2.82. The molecule has 0 saturated carbocycles. The zero-order chi connectivity index (χ0) is 16.7. The number of rotatable bonds is 2. The van der Waals surface area contributed by atoms with Crippen LogP contribution in [-0.4, -0.2) is 4.92 Å². The van der Waals surface area contributed by atoms with Crippen LogP contribution < -0.4 is 0 Å².